The molecule has 2 aromatic rings. The molecule has 0 aromatic carbocycles. The fourth-order valence-electron chi connectivity index (χ4n) is 1.58. The van der Waals surface area contributed by atoms with E-state index in [-0.39, 0.29) is 0 Å². The lowest BCUT2D eigenvalue weighted by Crippen LogP contribution is -2.22. The fourth-order valence-corrected chi connectivity index (χ4v) is 2.33. The second-order valence-electron chi connectivity index (χ2n) is 5.65. The Morgan fingerprint density at radius 1 is 1.42 bits per heavy atom. The highest BCUT2D eigenvalue weighted by Gasteiger charge is 2.12. The van der Waals surface area contributed by atoms with E-state index < -0.39 is 8.07 Å². The van der Waals surface area contributed by atoms with Gasteiger partial charge in [0.1, 0.15) is 17.9 Å². The van der Waals surface area contributed by atoms with Crippen molar-refractivity contribution in [2.45, 2.75) is 32.4 Å². The van der Waals surface area contributed by atoms with Gasteiger partial charge in [0, 0.05) is 14.7 Å². The summed E-state index contributed by atoms with van der Waals surface area (Å²) in [5.74, 6) is 0. The van der Waals surface area contributed by atoms with Crippen LogP contribution in [0.25, 0.3) is 11.0 Å². The van der Waals surface area contributed by atoms with Crippen LogP contribution in [0.5, 0.6) is 0 Å². The zero-order valence-corrected chi connectivity index (χ0v) is 12.5. The molecule has 102 valence electrons. The van der Waals surface area contributed by atoms with Gasteiger partial charge in [-0.05, 0) is 12.1 Å². The number of nitrogens with zero attached hydrogens (tertiary/aromatic N) is 4. The summed E-state index contributed by atoms with van der Waals surface area (Å²) in [7, 11) is -1.07. The Labute approximate surface area is 112 Å². The number of ether oxygens (including phenoxy) is 1. The molecule has 0 radical (unpaired) electrons. The van der Waals surface area contributed by atoms with E-state index >= 15 is 0 Å². The van der Waals surface area contributed by atoms with E-state index in [1.807, 2.05) is 0 Å². The molecule has 2 heterocycles. The van der Waals surface area contributed by atoms with Crippen LogP contribution in [0, 0.1) is 0 Å². The maximum Gasteiger partial charge on any atom is 0.168 e. The van der Waals surface area contributed by atoms with Gasteiger partial charge in [0.2, 0.25) is 0 Å². The maximum atomic E-state index is 10.7. The Morgan fingerprint density at radius 2 is 2.21 bits per heavy atom. The lowest BCUT2D eigenvalue weighted by molar-refractivity contribution is 0.0802. The van der Waals surface area contributed by atoms with Crippen LogP contribution in [0.1, 0.15) is 10.5 Å². The molecule has 0 bridgehead atoms. The van der Waals surface area contributed by atoms with Crippen LogP contribution < -0.4 is 0 Å². The molecule has 0 atom stereocenters. The summed E-state index contributed by atoms with van der Waals surface area (Å²) in [5.41, 5.74) is 1.81. The molecule has 0 saturated carbocycles. The molecule has 2 rings (SSSR count). The third-order valence-corrected chi connectivity index (χ3v) is 4.46. The van der Waals surface area contributed by atoms with Crippen molar-refractivity contribution >= 4 is 25.4 Å². The van der Waals surface area contributed by atoms with E-state index in [1.165, 1.54) is 0 Å². The van der Waals surface area contributed by atoms with Crippen molar-refractivity contribution in [2.24, 2.45) is 0 Å². The number of carbonyl (C=O) groups excluding carboxylic acids is 1. The SMILES string of the molecule is C[Si](C)(C)CCOCn1nnc2cnc(C=O)cc21. The standard InChI is InChI=1S/C12H18N4O2Si/c1-19(2,3)5-4-18-9-16-12-6-10(8-17)13-7-11(12)14-15-16/h6-8H,4-5,9H2,1-3H3. The molecule has 6 nitrogen and oxygen atoms in total. The molecular weight excluding hydrogens is 260 g/mol. The van der Waals surface area contributed by atoms with Crippen LogP contribution in [0.3, 0.4) is 0 Å². The van der Waals surface area contributed by atoms with Crippen LogP contribution in [0.4, 0.5) is 0 Å². The van der Waals surface area contributed by atoms with Crippen LogP contribution in [-0.4, -0.2) is 40.9 Å². The summed E-state index contributed by atoms with van der Waals surface area (Å²) in [6, 6.07) is 2.78. The first kappa shape index (κ1) is 13.8. The predicted octanol–water partition coefficient (Wildman–Crippen LogP) is 1.95. The summed E-state index contributed by atoms with van der Waals surface area (Å²) in [4.78, 5) is 14.7. The number of rotatable bonds is 6. The Hall–Kier alpha value is -1.60. The second kappa shape index (κ2) is 5.58. The van der Waals surface area contributed by atoms with Crippen molar-refractivity contribution in [1.82, 2.24) is 20.0 Å². The van der Waals surface area contributed by atoms with E-state index in [0.717, 1.165) is 18.2 Å². The van der Waals surface area contributed by atoms with E-state index in [0.29, 0.717) is 24.2 Å². The van der Waals surface area contributed by atoms with Gasteiger partial charge in [-0.1, -0.05) is 24.9 Å². The minimum absolute atomic E-state index is 0.350. The van der Waals surface area contributed by atoms with E-state index in [2.05, 4.69) is 34.9 Å². The average Bonchev–Trinajstić information content (AvgIpc) is 2.76. The highest BCUT2D eigenvalue weighted by Crippen LogP contribution is 2.11. The molecule has 0 unspecified atom stereocenters. The van der Waals surface area contributed by atoms with Gasteiger partial charge >= 0.3 is 0 Å². The number of hydrogen-bond donors (Lipinski definition) is 0. The number of fused-ring (bicyclic) bond motifs is 1. The minimum Gasteiger partial charge on any atom is -0.359 e. The van der Waals surface area contributed by atoms with Crippen LogP contribution >= 0.6 is 0 Å². The smallest absolute Gasteiger partial charge is 0.168 e. The highest BCUT2D eigenvalue weighted by molar-refractivity contribution is 6.76. The lowest BCUT2D eigenvalue weighted by atomic mass is 10.3. The number of aromatic nitrogens is 4. The number of aldehydes is 1. The van der Waals surface area contributed by atoms with Gasteiger partial charge in [-0.15, -0.1) is 5.10 Å². The van der Waals surface area contributed by atoms with Crippen molar-refractivity contribution in [3.8, 4) is 0 Å². The predicted molar refractivity (Wildman–Crippen MR) is 74.8 cm³/mol. The van der Waals surface area contributed by atoms with Crippen molar-refractivity contribution < 1.29 is 9.53 Å². The van der Waals surface area contributed by atoms with E-state index in [4.69, 9.17) is 4.74 Å². The van der Waals surface area contributed by atoms with Gasteiger partial charge in [-0.2, -0.15) is 0 Å². The first-order valence-corrected chi connectivity index (χ1v) is 9.92. The van der Waals surface area contributed by atoms with Crippen LogP contribution in [0.15, 0.2) is 12.3 Å². The molecular formula is C12H18N4O2Si. The molecule has 19 heavy (non-hydrogen) atoms. The topological polar surface area (TPSA) is 69.9 Å². The molecule has 0 saturated heterocycles. The van der Waals surface area contributed by atoms with Gasteiger partial charge < -0.3 is 4.74 Å². The minimum atomic E-state index is -1.07. The van der Waals surface area contributed by atoms with Gasteiger partial charge in [0.25, 0.3) is 0 Å². The summed E-state index contributed by atoms with van der Waals surface area (Å²) >= 11 is 0. The first-order chi connectivity index (χ1) is 8.99. The Morgan fingerprint density at radius 3 is 2.89 bits per heavy atom. The summed E-state index contributed by atoms with van der Waals surface area (Å²) in [5, 5.41) is 7.99. The maximum absolute atomic E-state index is 10.7. The van der Waals surface area contributed by atoms with Crippen LogP contribution in [0.2, 0.25) is 25.7 Å². The Bertz CT molecular complexity index is 577. The normalized spacial score (nSPS) is 11.9. The Balaban J connectivity index is 2.02. The molecule has 7 heteroatoms. The number of carbonyl (C=O) groups is 1. The molecule has 0 spiro atoms. The molecule has 0 N–H and O–H groups in total. The van der Waals surface area contributed by atoms with Gasteiger partial charge in [0.05, 0.1) is 11.7 Å². The van der Waals surface area contributed by atoms with Gasteiger partial charge in [-0.3, -0.25) is 9.78 Å². The summed E-state index contributed by atoms with van der Waals surface area (Å²) in [6.07, 6.45) is 2.26. The largest absolute Gasteiger partial charge is 0.359 e. The summed E-state index contributed by atoms with van der Waals surface area (Å²) < 4.78 is 7.27. The van der Waals surface area contributed by atoms with E-state index in [1.54, 1.807) is 16.9 Å². The average molecular weight is 278 g/mol. The first-order valence-electron chi connectivity index (χ1n) is 6.22. The molecule has 0 amide bonds. The molecule has 0 aliphatic rings. The molecule has 2 aromatic heterocycles. The fraction of sp³-hybridized carbons (Fsp3) is 0.500. The van der Waals surface area contributed by atoms with Crippen molar-refractivity contribution in [3.63, 3.8) is 0 Å². The monoisotopic (exact) mass is 278 g/mol. The third kappa shape index (κ3) is 3.68. The summed E-state index contributed by atoms with van der Waals surface area (Å²) in [6.45, 7) is 8.00. The number of hydrogen-bond acceptors (Lipinski definition) is 5. The lowest BCUT2D eigenvalue weighted by Gasteiger charge is -2.15. The van der Waals surface area contributed by atoms with Crippen molar-refractivity contribution in [3.05, 3.63) is 18.0 Å². The molecule has 0 fully saturated rings. The molecule has 0 aliphatic heterocycles. The van der Waals surface area contributed by atoms with Gasteiger partial charge in [-0.25, -0.2) is 4.68 Å². The quantitative estimate of drug-likeness (QED) is 0.459. The highest BCUT2D eigenvalue weighted by atomic mass is 28.3. The number of pyridine rings is 1. The van der Waals surface area contributed by atoms with Gasteiger partial charge in [0.15, 0.2) is 6.29 Å². The van der Waals surface area contributed by atoms with Crippen LogP contribution in [-0.2, 0) is 11.5 Å². The third-order valence-electron chi connectivity index (χ3n) is 2.75. The Kier molecular flexibility index (Phi) is 4.06. The zero-order chi connectivity index (χ0) is 13.9. The molecule has 0 aliphatic carbocycles. The second-order valence-corrected chi connectivity index (χ2v) is 11.3. The van der Waals surface area contributed by atoms with Crippen molar-refractivity contribution in [2.75, 3.05) is 6.61 Å². The van der Waals surface area contributed by atoms with E-state index in [9.17, 15) is 4.79 Å². The zero-order valence-electron chi connectivity index (χ0n) is 11.5. The van der Waals surface area contributed by atoms with Crippen molar-refractivity contribution in [1.29, 1.82) is 0 Å².